The maximum absolute atomic E-state index is 12.1. The van der Waals surface area contributed by atoms with Gasteiger partial charge in [-0.1, -0.05) is 23.8 Å². The van der Waals surface area contributed by atoms with Gasteiger partial charge in [-0.3, -0.25) is 4.79 Å². The second-order valence-electron chi connectivity index (χ2n) is 5.66. The van der Waals surface area contributed by atoms with E-state index in [4.69, 9.17) is 5.11 Å². The maximum Gasteiger partial charge on any atom is 0.317 e. The molecule has 1 aliphatic rings. The fraction of sp³-hybridized carbons (Fsp3) is 0.500. The zero-order chi connectivity index (χ0) is 15.4. The fourth-order valence-electron chi connectivity index (χ4n) is 2.69. The molecule has 1 aliphatic carbocycles. The number of urea groups is 1. The molecule has 0 bridgehead atoms. The second kappa shape index (κ2) is 6.61. The summed E-state index contributed by atoms with van der Waals surface area (Å²) in [5.74, 6) is -0.895. The van der Waals surface area contributed by atoms with Crippen LogP contribution in [0.5, 0.6) is 0 Å². The zero-order valence-electron chi connectivity index (χ0n) is 12.6. The van der Waals surface area contributed by atoms with E-state index in [0.717, 1.165) is 19.3 Å². The molecular formula is C16H22N2O3. The molecule has 2 N–H and O–H groups in total. The molecule has 0 unspecified atom stereocenters. The minimum Gasteiger partial charge on any atom is -0.481 e. The number of carboxylic acid groups (broad SMARTS) is 1. The topological polar surface area (TPSA) is 69.6 Å². The van der Waals surface area contributed by atoms with Crippen LogP contribution in [0.2, 0.25) is 0 Å². The van der Waals surface area contributed by atoms with Crippen LogP contribution in [0.3, 0.4) is 0 Å². The first-order valence-electron chi connectivity index (χ1n) is 7.30. The number of aryl methyl sites for hydroxylation is 2. The Morgan fingerprint density at radius 1 is 1.43 bits per heavy atom. The van der Waals surface area contributed by atoms with E-state index in [-0.39, 0.29) is 25.0 Å². The third-order valence-corrected chi connectivity index (χ3v) is 3.92. The van der Waals surface area contributed by atoms with E-state index in [1.54, 1.807) is 7.05 Å². The number of benzene rings is 1. The number of hydrogen-bond donors (Lipinski definition) is 2. The third kappa shape index (κ3) is 3.97. The van der Waals surface area contributed by atoms with Crippen molar-refractivity contribution in [2.24, 2.45) is 0 Å². The van der Waals surface area contributed by atoms with Crippen LogP contribution in [-0.4, -0.2) is 35.6 Å². The van der Waals surface area contributed by atoms with E-state index < -0.39 is 5.97 Å². The second-order valence-corrected chi connectivity index (χ2v) is 5.66. The molecule has 0 radical (unpaired) electrons. The molecule has 0 saturated heterocycles. The average Bonchev–Trinajstić information content (AvgIpc) is 2.45. The predicted octanol–water partition coefficient (Wildman–Crippen LogP) is 2.49. The van der Waals surface area contributed by atoms with E-state index in [1.807, 2.05) is 6.92 Å². The number of carbonyl (C=O) groups is 2. The lowest BCUT2D eigenvalue weighted by Crippen LogP contribution is -2.41. The van der Waals surface area contributed by atoms with Crippen LogP contribution in [0.4, 0.5) is 4.79 Å². The largest absolute Gasteiger partial charge is 0.481 e. The summed E-state index contributed by atoms with van der Waals surface area (Å²) in [4.78, 5) is 24.1. The predicted molar refractivity (Wildman–Crippen MR) is 80.3 cm³/mol. The summed E-state index contributed by atoms with van der Waals surface area (Å²) in [6, 6.07) is 6.18. The van der Waals surface area contributed by atoms with E-state index >= 15 is 0 Å². The first-order chi connectivity index (χ1) is 9.97. The van der Waals surface area contributed by atoms with Gasteiger partial charge >= 0.3 is 12.0 Å². The zero-order valence-corrected chi connectivity index (χ0v) is 12.6. The highest BCUT2D eigenvalue weighted by Crippen LogP contribution is 2.30. The SMILES string of the molecule is Cc1ccc2c(c1)[C@@H](NC(=O)N(C)CCC(=O)O)CCC2. The van der Waals surface area contributed by atoms with Gasteiger partial charge in [0, 0.05) is 13.6 Å². The lowest BCUT2D eigenvalue weighted by molar-refractivity contribution is -0.137. The Morgan fingerprint density at radius 3 is 2.90 bits per heavy atom. The van der Waals surface area contributed by atoms with E-state index in [0.29, 0.717) is 0 Å². The summed E-state index contributed by atoms with van der Waals surface area (Å²) >= 11 is 0. The van der Waals surface area contributed by atoms with Gasteiger partial charge in [-0.25, -0.2) is 4.79 Å². The van der Waals surface area contributed by atoms with Gasteiger partial charge in [0.25, 0.3) is 0 Å². The number of nitrogens with one attached hydrogen (secondary N) is 1. The summed E-state index contributed by atoms with van der Waals surface area (Å²) in [7, 11) is 1.62. The number of aliphatic carboxylic acids is 1. The van der Waals surface area contributed by atoms with Crippen molar-refractivity contribution >= 4 is 12.0 Å². The molecule has 2 amide bonds. The van der Waals surface area contributed by atoms with Crippen LogP contribution in [0, 0.1) is 6.92 Å². The Balaban J connectivity index is 2.02. The number of amides is 2. The number of fused-ring (bicyclic) bond motifs is 1. The van der Waals surface area contributed by atoms with Crippen LogP contribution in [0.15, 0.2) is 18.2 Å². The molecule has 21 heavy (non-hydrogen) atoms. The monoisotopic (exact) mass is 290 g/mol. The molecule has 114 valence electrons. The minimum absolute atomic E-state index is 0.0217. The Morgan fingerprint density at radius 2 is 2.19 bits per heavy atom. The molecule has 1 aromatic carbocycles. The van der Waals surface area contributed by atoms with Crippen LogP contribution in [0.25, 0.3) is 0 Å². The highest BCUT2D eigenvalue weighted by Gasteiger charge is 2.23. The quantitative estimate of drug-likeness (QED) is 0.895. The van der Waals surface area contributed by atoms with Crippen LogP contribution >= 0.6 is 0 Å². The molecule has 0 fully saturated rings. The summed E-state index contributed by atoms with van der Waals surface area (Å²) in [5.41, 5.74) is 3.68. The molecule has 1 atom stereocenters. The Kier molecular flexibility index (Phi) is 4.83. The van der Waals surface area contributed by atoms with Gasteiger partial charge in [0.15, 0.2) is 0 Å². The molecule has 0 aromatic heterocycles. The van der Waals surface area contributed by atoms with Crippen molar-refractivity contribution < 1.29 is 14.7 Å². The summed E-state index contributed by atoms with van der Waals surface area (Å²) in [5, 5.41) is 11.7. The summed E-state index contributed by atoms with van der Waals surface area (Å²) in [6.07, 6.45) is 3.00. The molecule has 1 aromatic rings. The molecular weight excluding hydrogens is 268 g/mol. The molecule has 0 saturated carbocycles. The molecule has 0 spiro atoms. The van der Waals surface area contributed by atoms with Gasteiger partial charge in [-0.05, 0) is 37.3 Å². The first-order valence-corrected chi connectivity index (χ1v) is 7.30. The van der Waals surface area contributed by atoms with Gasteiger partial charge < -0.3 is 15.3 Å². The van der Waals surface area contributed by atoms with E-state index in [2.05, 4.69) is 23.5 Å². The summed E-state index contributed by atoms with van der Waals surface area (Å²) < 4.78 is 0. The van der Waals surface area contributed by atoms with Gasteiger partial charge in [-0.15, -0.1) is 0 Å². The molecule has 5 nitrogen and oxygen atoms in total. The number of rotatable bonds is 4. The Hall–Kier alpha value is -2.04. The molecule has 0 heterocycles. The van der Waals surface area contributed by atoms with Crippen molar-refractivity contribution in [2.75, 3.05) is 13.6 Å². The number of carbonyl (C=O) groups excluding carboxylic acids is 1. The number of carboxylic acids is 1. The Labute approximate surface area is 125 Å². The van der Waals surface area contributed by atoms with Gasteiger partial charge in [0.2, 0.25) is 0 Å². The van der Waals surface area contributed by atoms with Gasteiger partial charge in [0.05, 0.1) is 12.5 Å². The lowest BCUT2D eigenvalue weighted by Gasteiger charge is -2.29. The van der Waals surface area contributed by atoms with Crippen LogP contribution in [0.1, 0.15) is 42.0 Å². The lowest BCUT2D eigenvalue weighted by atomic mass is 9.87. The van der Waals surface area contributed by atoms with E-state index in [9.17, 15) is 9.59 Å². The molecule has 0 aliphatic heterocycles. The highest BCUT2D eigenvalue weighted by molar-refractivity contribution is 5.75. The molecule has 2 rings (SSSR count). The minimum atomic E-state index is -0.895. The van der Waals surface area contributed by atoms with Gasteiger partial charge in [-0.2, -0.15) is 0 Å². The van der Waals surface area contributed by atoms with Crippen LogP contribution < -0.4 is 5.32 Å². The van der Waals surface area contributed by atoms with Crippen molar-refractivity contribution in [2.45, 2.75) is 38.6 Å². The first kappa shape index (κ1) is 15.4. The van der Waals surface area contributed by atoms with E-state index in [1.165, 1.54) is 21.6 Å². The van der Waals surface area contributed by atoms with Crippen molar-refractivity contribution in [1.82, 2.24) is 10.2 Å². The summed E-state index contributed by atoms with van der Waals surface area (Å²) in [6.45, 7) is 2.27. The van der Waals surface area contributed by atoms with Gasteiger partial charge in [0.1, 0.15) is 0 Å². The van der Waals surface area contributed by atoms with Crippen molar-refractivity contribution in [3.63, 3.8) is 0 Å². The van der Waals surface area contributed by atoms with Crippen LogP contribution in [-0.2, 0) is 11.2 Å². The fourth-order valence-corrected chi connectivity index (χ4v) is 2.69. The normalized spacial score (nSPS) is 17.0. The average molecular weight is 290 g/mol. The smallest absolute Gasteiger partial charge is 0.317 e. The van der Waals surface area contributed by atoms with Crippen molar-refractivity contribution in [1.29, 1.82) is 0 Å². The van der Waals surface area contributed by atoms with Crippen molar-refractivity contribution in [3.05, 3.63) is 34.9 Å². The van der Waals surface area contributed by atoms with Crippen molar-refractivity contribution in [3.8, 4) is 0 Å². The number of nitrogens with zero attached hydrogens (tertiary/aromatic N) is 1. The Bertz CT molecular complexity index is 542. The molecule has 5 heteroatoms. The standard InChI is InChI=1S/C16H22N2O3/c1-11-6-7-12-4-3-5-14(13(12)10-11)17-16(21)18(2)9-8-15(19)20/h6-7,10,14H,3-5,8-9H2,1-2H3,(H,17,21)(H,19,20)/t14-/m0/s1. The third-order valence-electron chi connectivity index (χ3n) is 3.92. The number of hydrogen-bond acceptors (Lipinski definition) is 2. The maximum atomic E-state index is 12.1. The highest BCUT2D eigenvalue weighted by atomic mass is 16.4.